The van der Waals surface area contributed by atoms with Gasteiger partial charge in [0.05, 0.1) is 11.4 Å². The minimum absolute atomic E-state index is 0.171. The van der Waals surface area contributed by atoms with Crippen LogP contribution < -0.4 is 11.1 Å². The van der Waals surface area contributed by atoms with Crippen molar-refractivity contribution in [2.75, 3.05) is 25.5 Å². The molecule has 0 aliphatic heterocycles. The molecule has 0 fully saturated rings. The van der Waals surface area contributed by atoms with E-state index in [2.05, 4.69) is 17.3 Å². The monoisotopic (exact) mass is 268 g/mol. The molecular weight excluding hydrogens is 244 g/mol. The van der Waals surface area contributed by atoms with Gasteiger partial charge in [0.1, 0.15) is 5.69 Å². The molecule has 6 heteroatoms. The van der Waals surface area contributed by atoms with Crippen LogP contribution in [0.2, 0.25) is 0 Å². The number of nitrogen functional groups attached to an aromatic ring is 1. The standard InChI is InChI=1S/C13H24N4O2/c1-4-8-19-9-6-7-15-13(18)12-11(14)10(3)16-17(12)5-2/h4-9,14H2,1-3H3,(H,15,18). The van der Waals surface area contributed by atoms with Gasteiger partial charge in [0, 0.05) is 26.3 Å². The molecule has 108 valence electrons. The summed E-state index contributed by atoms with van der Waals surface area (Å²) in [4.78, 5) is 12.1. The van der Waals surface area contributed by atoms with Crippen LogP contribution in [0.5, 0.6) is 0 Å². The lowest BCUT2D eigenvalue weighted by molar-refractivity contribution is 0.0932. The van der Waals surface area contributed by atoms with Gasteiger partial charge in [0.25, 0.3) is 5.91 Å². The van der Waals surface area contributed by atoms with Crippen molar-refractivity contribution in [3.8, 4) is 0 Å². The molecule has 0 bridgehead atoms. The second-order valence-corrected chi connectivity index (χ2v) is 4.39. The number of aryl methyl sites for hydroxylation is 2. The Bertz CT molecular complexity index is 415. The van der Waals surface area contributed by atoms with Crippen LogP contribution in [0.4, 0.5) is 5.69 Å². The average Bonchev–Trinajstić information content (AvgIpc) is 2.69. The van der Waals surface area contributed by atoms with Crippen LogP contribution in [0.3, 0.4) is 0 Å². The van der Waals surface area contributed by atoms with E-state index in [4.69, 9.17) is 10.5 Å². The van der Waals surface area contributed by atoms with E-state index in [0.29, 0.717) is 36.8 Å². The van der Waals surface area contributed by atoms with E-state index in [9.17, 15) is 4.79 Å². The first kappa shape index (κ1) is 15.5. The van der Waals surface area contributed by atoms with Crippen molar-refractivity contribution < 1.29 is 9.53 Å². The Hall–Kier alpha value is -1.56. The fraction of sp³-hybridized carbons (Fsp3) is 0.692. The maximum Gasteiger partial charge on any atom is 0.271 e. The van der Waals surface area contributed by atoms with Gasteiger partial charge in [0.2, 0.25) is 0 Å². The Kier molecular flexibility index (Phi) is 6.35. The van der Waals surface area contributed by atoms with Gasteiger partial charge in [-0.15, -0.1) is 0 Å². The highest BCUT2D eigenvalue weighted by atomic mass is 16.5. The number of nitrogens with two attached hydrogens (primary N) is 1. The second-order valence-electron chi connectivity index (χ2n) is 4.39. The molecule has 0 spiro atoms. The van der Waals surface area contributed by atoms with Crippen LogP contribution in [0, 0.1) is 6.92 Å². The number of amides is 1. The molecule has 1 heterocycles. The number of nitrogens with zero attached hydrogens (tertiary/aromatic N) is 2. The molecule has 1 aromatic rings. The molecule has 0 unspecified atom stereocenters. The summed E-state index contributed by atoms with van der Waals surface area (Å²) >= 11 is 0. The van der Waals surface area contributed by atoms with E-state index in [-0.39, 0.29) is 5.91 Å². The van der Waals surface area contributed by atoms with E-state index in [1.165, 1.54) is 0 Å². The van der Waals surface area contributed by atoms with Gasteiger partial charge in [-0.1, -0.05) is 6.92 Å². The maximum absolute atomic E-state index is 12.1. The minimum Gasteiger partial charge on any atom is -0.395 e. The van der Waals surface area contributed by atoms with Crippen LogP contribution >= 0.6 is 0 Å². The van der Waals surface area contributed by atoms with Crippen molar-refractivity contribution in [1.29, 1.82) is 0 Å². The zero-order chi connectivity index (χ0) is 14.3. The Morgan fingerprint density at radius 3 is 2.79 bits per heavy atom. The van der Waals surface area contributed by atoms with Crippen molar-refractivity contribution in [2.45, 2.75) is 40.2 Å². The van der Waals surface area contributed by atoms with E-state index in [1.54, 1.807) is 11.6 Å². The number of hydrogen-bond acceptors (Lipinski definition) is 4. The minimum atomic E-state index is -0.171. The summed E-state index contributed by atoms with van der Waals surface area (Å²) in [5.41, 5.74) is 7.49. The molecular formula is C13H24N4O2. The predicted octanol–water partition coefficient (Wildman–Crippen LogP) is 1.34. The fourth-order valence-electron chi connectivity index (χ4n) is 1.77. The lowest BCUT2D eigenvalue weighted by Crippen LogP contribution is -2.28. The van der Waals surface area contributed by atoms with Crippen molar-refractivity contribution in [3.63, 3.8) is 0 Å². The molecule has 1 aromatic heterocycles. The summed E-state index contributed by atoms with van der Waals surface area (Å²) in [6, 6.07) is 0. The van der Waals surface area contributed by atoms with Crippen LogP contribution in [0.25, 0.3) is 0 Å². The number of aromatic nitrogens is 2. The van der Waals surface area contributed by atoms with Gasteiger partial charge < -0.3 is 15.8 Å². The number of carbonyl (C=O) groups is 1. The van der Waals surface area contributed by atoms with Crippen molar-refractivity contribution in [3.05, 3.63) is 11.4 Å². The zero-order valence-corrected chi connectivity index (χ0v) is 12.0. The van der Waals surface area contributed by atoms with Crippen LogP contribution in [-0.4, -0.2) is 35.4 Å². The third-order valence-corrected chi connectivity index (χ3v) is 2.79. The first-order chi connectivity index (χ1) is 9.11. The molecule has 6 nitrogen and oxygen atoms in total. The quantitative estimate of drug-likeness (QED) is 0.697. The third-order valence-electron chi connectivity index (χ3n) is 2.79. The van der Waals surface area contributed by atoms with Gasteiger partial charge in [0.15, 0.2) is 0 Å². The smallest absolute Gasteiger partial charge is 0.271 e. The summed E-state index contributed by atoms with van der Waals surface area (Å²) in [7, 11) is 0. The topological polar surface area (TPSA) is 82.2 Å². The van der Waals surface area contributed by atoms with Crippen LogP contribution in [-0.2, 0) is 11.3 Å². The molecule has 1 amide bonds. The molecule has 0 aromatic carbocycles. The summed E-state index contributed by atoms with van der Waals surface area (Å²) < 4.78 is 6.98. The Balaban J connectivity index is 2.45. The molecule has 0 aliphatic carbocycles. The zero-order valence-electron chi connectivity index (χ0n) is 12.0. The highest BCUT2D eigenvalue weighted by Crippen LogP contribution is 2.15. The predicted molar refractivity (Wildman–Crippen MR) is 75.1 cm³/mol. The Morgan fingerprint density at radius 1 is 1.42 bits per heavy atom. The van der Waals surface area contributed by atoms with Gasteiger partial charge in [-0.25, -0.2) is 0 Å². The van der Waals surface area contributed by atoms with E-state index >= 15 is 0 Å². The second kappa shape index (κ2) is 7.78. The van der Waals surface area contributed by atoms with Crippen LogP contribution in [0.15, 0.2) is 0 Å². The van der Waals surface area contributed by atoms with E-state index < -0.39 is 0 Å². The lowest BCUT2D eigenvalue weighted by Gasteiger charge is -2.07. The number of nitrogens with one attached hydrogen (secondary N) is 1. The fourth-order valence-corrected chi connectivity index (χ4v) is 1.77. The molecule has 0 saturated heterocycles. The molecule has 19 heavy (non-hydrogen) atoms. The largest absolute Gasteiger partial charge is 0.395 e. The number of rotatable bonds is 8. The molecule has 0 radical (unpaired) electrons. The highest BCUT2D eigenvalue weighted by molar-refractivity contribution is 5.97. The molecule has 1 rings (SSSR count). The van der Waals surface area contributed by atoms with Gasteiger partial charge in [-0.2, -0.15) is 5.10 Å². The normalized spacial score (nSPS) is 10.7. The third kappa shape index (κ3) is 4.24. The first-order valence-corrected chi connectivity index (χ1v) is 6.80. The lowest BCUT2D eigenvalue weighted by atomic mass is 10.3. The number of ether oxygens (including phenoxy) is 1. The molecule has 0 aliphatic rings. The summed E-state index contributed by atoms with van der Waals surface area (Å²) in [6.45, 7) is 8.44. The number of anilines is 1. The van der Waals surface area contributed by atoms with Crippen molar-refractivity contribution in [2.24, 2.45) is 0 Å². The molecule has 3 N–H and O–H groups in total. The SMILES string of the molecule is CCCOCCCNC(=O)c1c(N)c(C)nn1CC. The average molecular weight is 268 g/mol. The number of hydrogen-bond donors (Lipinski definition) is 2. The van der Waals surface area contributed by atoms with Gasteiger partial charge in [-0.05, 0) is 26.7 Å². The first-order valence-electron chi connectivity index (χ1n) is 6.80. The molecule has 0 saturated carbocycles. The number of carbonyl (C=O) groups excluding carboxylic acids is 1. The highest BCUT2D eigenvalue weighted by Gasteiger charge is 2.18. The summed E-state index contributed by atoms with van der Waals surface area (Å²) in [5.74, 6) is -0.171. The molecule has 0 atom stereocenters. The van der Waals surface area contributed by atoms with Gasteiger partial charge >= 0.3 is 0 Å². The van der Waals surface area contributed by atoms with Crippen molar-refractivity contribution in [1.82, 2.24) is 15.1 Å². The summed E-state index contributed by atoms with van der Waals surface area (Å²) in [5, 5.41) is 7.07. The summed E-state index contributed by atoms with van der Waals surface area (Å²) in [6.07, 6.45) is 1.81. The maximum atomic E-state index is 12.1. The van der Waals surface area contributed by atoms with Crippen molar-refractivity contribution >= 4 is 11.6 Å². The Morgan fingerprint density at radius 2 is 2.16 bits per heavy atom. The van der Waals surface area contributed by atoms with Gasteiger partial charge in [-0.3, -0.25) is 9.48 Å². The Labute approximate surface area is 114 Å². The van der Waals surface area contributed by atoms with E-state index in [0.717, 1.165) is 19.4 Å². The van der Waals surface area contributed by atoms with Crippen LogP contribution in [0.1, 0.15) is 42.9 Å². The van der Waals surface area contributed by atoms with E-state index in [1.807, 2.05) is 6.92 Å².